The minimum absolute atomic E-state index is 0.122. The number of benzene rings is 2. The number of hydrogen-bond donors (Lipinski definition) is 1. The van der Waals surface area contributed by atoms with Crippen molar-refractivity contribution >= 4 is 21.6 Å². The van der Waals surface area contributed by atoms with Gasteiger partial charge in [-0.1, -0.05) is 45.8 Å². The summed E-state index contributed by atoms with van der Waals surface area (Å²) in [7, 11) is 1.92. The molecule has 0 aliphatic carbocycles. The lowest BCUT2D eigenvalue weighted by Gasteiger charge is -2.19. The highest BCUT2D eigenvalue weighted by Crippen LogP contribution is 2.27. The molecule has 1 unspecified atom stereocenters. The molecular weight excluding hydrogens is 332 g/mol. The van der Waals surface area contributed by atoms with Crippen LogP contribution in [0.15, 0.2) is 46.9 Å². The molecule has 0 amide bonds. The van der Waals surface area contributed by atoms with Gasteiger partial charge >= 0.3 is 0 Å². The van der Waals surface area contributed by atoms with E-state index in [-0.39, 0.29) is 16.7 Å². The van der Waals surface area contributed by atoms with Crippen molar-refractivity contribution in [1.82, 2.24) is 5.32 Å². The van der Waals surface area contributed by atoms with Gasteiger partial charge in [0.2, 0.25) is 0 Å². The Morgan fingerprint density at radius 3 is 2.48 bits per heavy atom. The Morgan fingerprint density at radius 1 is 1.24 bits per heavy atom. The molecule has 2 aromatic carbocycles. The van der Waals surface area contributed by atoms with Crippen molar-refractivity contribution in [2.45, 2.75) is 19.4 Å². The van der Waals surface area contributed by atoms with E-state index < -0.39 is 0 Å². The zero-order chi connectivity index (χ0) is 15.4. The highest BCUT2D eigenvalue weighted by atomic mass is 79.9. The number of non-ortho nitro benzene ring substituents is 1. The third kappa shape index (κ3) is 3.89. The van der Waals surface area contributed by atoms with E-state index in [0.29, 0.717) is 0 Å². The number of nitrogens with one attached hydrogen (secondary N) is 1. The van der Waals surface area contributed by atoms with Gasteiger partial charge in [-0.15, -0.1) is 0 Å². The lowest BCUT2D eigenvalue weighted by Crippen LogP contribution is -2.19. The number of halogens is 1. The molecule has 2 rings (SSSR count). The van der Waals surface area contributed by atoms with Gasteiger partial charge in [0.25, 0.3) is 5.69 Å². The number of hydrogen-bond acceptors (Lipinski definition) is 3. The van der Waals surface area contributed by atoms with E-state index >= 15 is 0 Å². The Kier molecular flexibility index (Phi) is 5.09. The summed E-state index contributed by atoms with van der Waals surface area (Å²) in [4.78, 5) is 10.3. The highest BCUT2D eigenvalue weighted by Gasteiger charge is 2.14. The van der Waals surface area contributed by atoms with Gasteiger partial charge in [0, 0.05) is 22.6 Å². The van der Waals surface area contributed by atoms with Crippen molar-refractivity contribution < 1.29 is 4.92 Å². The van der Waals surface area contributed by atoms with Crippen LogP contribution in [0, 0.1) is 17.0 Å². The first-order chi connectivity index (χ1) is 10.0. The SMILES string of the molecule is CNC(Cc1ccc([N+](=O)[O-])cc1)c1cc(C)ccc1Br. The summed E-state index contributed by atoms with van der Waals surface area (Å²) in [5.41, 5.74) is 3.58. The number of nitro groups is 1. The molecule has 0 aromatic heterocycles. The van der Waals surface area contributed by atoms with E-state index in [1.165, 1.54) is 11.1 Å². The molecule has 4 nitrogen and oxygen atoms in total. The molecule has 21 heavy (non-hydrogen) atoms. The van der Waals surface area contributed by atoms with Crippen molar-refractivity contribution in [3.05, 3.63) is 73.7 Å². The predicted octanol–water partition coefficient (Wildman–Crippen LogP) is 4.17. The molecule has 0 heterocycles. The van der Waals surface area contributed by atoms with Gasteiger partial charge in [0.05, 0.1) is 4.92 Å². The van der Waals surface area contributed by atoms with Crippen LogP contribution >= 0.6 is 15.9 Å². The lowest BCUT2D eigenvalue weighted by molar-refractivity contribution is -0.384. The van der Waals surface area contributed by atoms with E-state index in [2.05, 4.69) is 40.3 Å². The summed E-state index contributed by atoms with van der Waals surface area (Å²) in [5.74, 6) is 0. The van der Waals surface area contributed by atoms with E-state index in [9.17, 15) is 10.1 Å². The molecule has 0 radical (unpaired) electrons. The first kappa shape index (κ1) is 15.7. The van der Waals surface area contributed by atoms with Crippen LogP contribution in [0.4, 0.5) is 5.69 Å². The van der Waals surface area contributed by atoms with Crippen molar-refractivity contribution in [3.63, 3.8) is 0 Å². The van der Waals surface area contributed by atoms with Gasteiger partial charge in [-0.2, -0.15) is 0 Å². The minimum atomic E-state index is -0.378. The van der Waals surface area contributed by atoms with Crippen LogP contribution in [0.1, 0.15) is 22.7 Å². The van der Waals surface area contributed by atoms with Crippen LogP contribution in [0.5, 0.6) is 0 Å². The van der Waals surface area contributed by atoms with Crippen LogP contribution in [0.3, 0.4) is 0 Å². The van der Waals surface area contributed by atoms with E-state index in [1.54, 1.807) is 12.1 Å². The van der Waals surface area contributed by atoms with Gasteiger partial charge in [-0.05, 0) is 37.6 Å². The average molecular weight is 349 g/mol. The van der Waals surface area contributed by atoms with Crippen molar-refractivity contribution in [3.8, 4) is 0 Å². The number of aryl methyl sites for hydroxylation is 1. The Morgan fingerprint density at radius 2 is 1.90 bits per heavy atom. The van der Waals surface area contributed by atoms with Crippen molar-refractivity contribution in [1.29, 1.82) is 0 Å². The molecule has 0 aliphatic heterocycles. The normalized spacial score (nSPS) is 12.1. The monoisotopic (exact) mass is 348 g/mol. The molecule has 0 fully saturated rings. The topological polar surface area (TPSA) is 55.2 Å². The van der Waals surface area contributed by atoms with Crippen LogP contribution in [-0.2, 0) is 6.42 Å². The number of rotatable bonds is 5. The molecule has 110 valence electrons. The van der Waals surface area contributed by atoms with Gasteiger partial charge in [0.1, 0.15) is 0 Å². The maximum atomic E-state index is 10.7. The zero-order valence-electron chi connectivity index (χ0n) is 12.0. The highest BCUT2D eigenvalue weighted by molar-refractivity contribution is 9.10. The smallest absolute Gasteiger partial charge is 0.269 e. The summed E-state index contributed by atoms with van der Waals surface area (Å²) in [6, 6.07) is 13.1. The van der Waals surface area contributed by atoms with E-state index in [1.807, 2.05) is 25.2 Å². The molecule has 0 bridgehead atoms. The Balaban J connectivity index is 2.22. The zero-order valence-corrected chi connectivity index (χ0v) is 13.6. The Labute approximate surface area is 132 Å². The molecule has 0 saturated heterocycles. The van der Waals surface area contributed by atoms with Gasteiger partial charge in [0.15, 0.2) is 0 Å². The summed E-state index contributed by atoms with van der Waals surface area (Å²) >= 11 is 3.59. The third-order valence-corrected chi connectivity index (χ3v) is 4.18. The fraction of sp³-hybridized carbons (Fsp3) is 0.250. The summed E-state index contributed by atoms with van der Waals surface area (Å²) in [5, 5.41) is 14.0. The van der Waals surface area contributed by atoms with Crippen molar-refractivity contribution in [2.24, 2.45) is 0 Å². The van der Waals surface area contributed by atoms with Crippen molar-refractivity contribution in [2.75, 3.05) is 7.05 Å². The van der Waals surface area contributed by atoms with E-state index in [0.717, 1.165) is 16.5 Å². The molecule has 1 N–H and O–H groups in total. The second-order valence-electron chi connectivity index (χ2n) is 4.99. The maximum Gasteiger partial charge on any atom is 0.269 e. The molecule has 5 heteroatoms. The number of nitrogens with zero attached hydrogens (tertiary/aromatic N) is 1. The first-order valence-corrected chi connectivity index (χ1v) is 7.47. The Bertz CT molecular complexity index is 641. The number of nitro benzene ring substituents is 1. The summed E-state index contributed by atoms with van der Waals surface area (Å²) in [6.45, 7) is 2.06. The fourth-order valence-electron chi connectivity index (χ4n) is 2.29. The Hall–Kier alpha value is -1.72. The van der Waals surface area contributed by atoms with Gasteiger partial charge in [-0.3, -0.25) is 10.1 Å². The van der Waals surface area contributed by atoms with Crippen LogP contribution in [-0.4, -0.2) is 12.0 Å². The third-order valence-electron chi connectivity index (χ3n) is 3.46. The quantitative estimate of drug-likeness (QED) is 0.651. The molecule has 2 aromatic rings. The van der Waals surface area contributed by atoms with Crippen LogP contribution < -0.4 is 5.32 Å². The standard InChI is InChI=1S/C16H17BrN2O2/c1-11-3-8-15(17)14(9-11)16(18-2)10-12-4-6-13(7-5-12)19(20)21/h3-9,16,18H,10H2,1-2H3. The molecule has 0 saturated carbocycles. The molecule has 0 spiro atoms. The van der Waals surface area contributed by atoms with E-state index in [4.69, 9.17) is 0 Å². The van der Waals surface area contributed by atoms with Crippen LogP contribution in [0.2, 0.25) is 0 Å². The lowest BCUT2D eigenvalue weighted by atomic mass is 9.97. The molecule has 1 atom stereocenters. The fourth-order valence-corrected chi connectivity index (χ4v) is 2.81. The summed E-state index contributed by atoms with van der Waals surface area (Å²) in [6.07, 6.45) is 0.774. The average Bonchev–Trinajstić information content (AvgIpc) is 2.48. The summed E-state index contributed by atoms with van der Waals surface area (Å²) < 4.78 is 1.06. The van der Waals surface area contributed by atoms with Gasteiger partial charge in [-0.25, -0.2) is 0 Å². The second-order valence-corrected chi connectivity index (χ2v) is 5.85. The molecular formula is C16H17BrN2O2. The van der Waals surface area contributed by atoms with Crippen LogP contribution in [0.25, 0.3) is 0 Å². The largest absolute Gasteiger partial charge is 0.313 e. The second kappa shape index (κ2) is 6.83. The predicted molar refractivity (Wildman–Crippen MR) is 87.5 cm³/mol. The minimum Gasteiger partial charge on any atom is -0.313 e. The molecule has 0 aliphatic rings. The number of likely N-dealkylation sites (N-methyl/N-ethyl adjacent to an activating group) is 1. The maximum absolute atomic E-state index is 10.7. The first-order valence-electron chi connectivity index (χ1n) is 6.68. The van der Waals surface area contributed by atoms with Gasteiger partial charge < -0.3 is 5.32 Å².